The zero-order valence-electron chi connectivity index (χ0n) is 23.9. The first-order valence-electron chi connectivity index (χ1n) is 13.2. The van der Waals surface area contributed by atoms with Crippen LogP contribution in [0, 0.1) is 6.92 Å². The maximum absolute atomic E-state index is 12.1. The van der Waals surface area contributed by atoms with Crippen LogP contribution in [0.4, 0.5) is 11.5 Å². The van der Waals surface area contributed by atoms with E-state index in [0.29, 0.717) is 29.5 Å². The molecule has 0 aliphatic rings. The minimum absolute atomic E-state index is 0.220. The predicted octanol–water partition coefficient (Wildman–Crippen LogP) is 5.96. The number of hydrogen-bond donors (Lipinski definition) is 2. The van der Waals surface area contributed by atoms with Gasteiger partial charge in [0.1, 0.15) is 23.5 Å². The van der Waals surface area contributed by atoms with Crippen molar-refractivity contribution in [2.75, 3.05) is 25.1 Å². The molecule has 3 N–H and O–H groups in total. The Labute approximate surface area is 239 Å². The van der Waals surface area contributed by atoms with Crippen molar-refractivity contribution in [1.82, 2.24) is 24.4 Å². The van der Waals surface area contributed by atoms with E-state index in [1.807, 2.05) is 87.2 Å². The summed E-state index contributed by atoms with van der Waals surface area (Å²) in [6.07, 6.45) is 1.48. The van der Waals surface area contributed by atoms with Crippen molar-refractivity contribution < 1.29 is 9.53 Å². The molecule has 0 saturated carbocycles. The van der Waals surface area contributed by atoms with Crippen LogP contribution < -0.4 is 15.8 Å². The fourth-order valence-corrected chi connectivity index (χ4v) is 4.83. The van der Waals surface area contributed by atoms with Crippen molar-refractivity contribution >= 4 is 28.4 Å². The predicted molar refractivity (Wildman–Crippen MR) is 164 cm³/mol. The first-order chi connectivity index (χ1) is 19.6. The lowest BCUT2D eigenvalue weighted by Crippen LogP contribution is -2.11. The number of benzene rings is 2. The Balaban J connectivity index is 1.66. The highest BCUT2D eigenvalue weighted by atomic mass is 16.5. The number of nitrogens with two attached hydrogens (primary N) is 1. The summed E-state index contributed by atoms with van der Waals surface area (Å²) in [6, 6.07) is 19.5. The van der Waals surface area contributed by atoms with Gasteiger partial charge in [-0.2, -0.15) is 0 Å². The number of carbonyl (C=O) groups is 1. The van der Waals surface area contributed by atoms with E-state index in [1.165, 1.54) is 6.33 Å². The number of anilines is 2. The summed E-state index contributed by atoms with van der Waals surface area (Å²) >= 11 is 0. The number of hydrogen-bond acceptors (Lipinski definition) is 7. The number of nitrogens with one attached hydrogen (secondary N) is 1. The smallest absolute Gasteiger partial charge is 0.250 e. The quantitative estimate of drug-likeness (QED) is 0.231. The van der Waals surface area contributed by atoms with Gasteiger partial charge in [-0.1, -0.05) is 30.8 Å². The lowest BCUT2D eigenvalue weighted by atomic mass is 9.96. The summed E-state index contributed by atoms with van der Waals surface area (Å²) in [5.74, 6) is 1.45. The molecule has 9 heteroatoms. The molecule has 0 radical (unpaired) electrons. The van der Waals surface area contributed by atoms with Crippen LogP contribution in [0.15, 0.2) is 79.1 Å². The number of aromatic nitrogens is 4. The number of amides is 1. The minimum atomic E-state index is -0.220. The van der Waals surface area contributed by atoms with Crippen LogP contribution in [0.3, 0.4) is 0 Å². The molecule has 0 atom stereocenters. The van der Waals surface area contributed by atoms with Gasteiger partial charge in [-0.05, 0) is 69.4 Å². The third-order valence-corrected chi connectivity index (χ3v) is 6.71. The Morgan fingerprint density at radius 3 is 2.49 bits per heavy atom. The second kappa shape index (κ2) is 11.2. The molecule has 0 aliphatic carbocycles. The number of rotatable bonds is 8. The first kappa shape index (κ1) is 27.5. The number of nitrogen functional groups attached to an aromatic ring is 1. The molecule has 0 unspecified atom stereocenters. The normalized spacial score (nSPS) is 11.2. The lowest BCUT2D eigenvalue weighted by Gasteiger charge is -2.17. The molecule has 0 saturated heterocycles. The summed E-state index contributed by atoms with van der Waals surface area (Å²) in [7, 11) is 6.00. The third-order valence-electron chi connectivity index (χ3n) is 6.71. The number of ether oxygens (including phenoxy) is 1. The molecule has 2 aromatic carbocycles. The van der Waals surface area contributed by atoms with Gasteiger partial charge in [-0.15, -0.1) is 0 Å². The van der Waals surface area contributed by atoms with Gasteiger partial charge in [0, 0.05) is 47.7 Å². The van der Waals surface area contributed by atoms with Gasteiger partial charge in [0.15, 0.2) is 0 Å². The largest absolute Gasteiger partial charge is 0.439 e. The summed E-state index contributed by atoms with van der Waals surface area (Å²) in [6.45, 7) is 7.97. The SMILES string of the molecule is C=C(C)C(=O)Nc1ccc(-c2c(-c3ccc(Oc4cccc(C)n4)c(CN(C)C)c3)c3c(N)ncnc3n2C)cc1. The van der Waals surface area contributed by atoms with Gasteiger partial charge in [0.25, 0.3) is 5.91 Å². The van der Waals surface area contributed by atoms with Gasteiger partial charge >= 0.3 is 0 Å². The molecule has 0 bridgehead atoms. The van der Waals surface area contributed by atoms with E-state index < -0.39 is 0 Å². The van der Waals surface area contributed by atoms with E-state index in [0.717, 1.165) is 50.4 Å². The van der Waals surface area contributed by atoms with Crippen LogP contribution in [-0.4, -0.2) is 44.4 Å². The monoisotopic (exact) mass is 547 g/mol. The Kier molecular flexibility index (Phi) is 7.54. The fourth-order valence-electron chi connectivity index (χ4n) is 4.83. The van der Waals surface area contributed by atoms with Crippen LogP contribution in [0.2, 0.25) is 0 Å². The zero-order chi connectivity index (χ0) is 29.3. The highest BCUT2D eigenvalue weighted by molar-refractivity contribution is 6.08. The second-order valence-electron chi connectivity index (χ2n) is 10.3. The van der Waals surface area contributed by atoms with Crippen LogP contribution in [0.25, 0.3) is 33.4 Å². The summed E-state index contributed by atoms with van der Waals surface area (Å²) in [5.41, 5.74) is 13.9. The van der Waals surface area contributed by atoms with Gasteiger partial charge in [0.2, 0.25) is 5.88 Å². The average molecular weight is 548 g/mol. The molecule has 5 aromatic rings. The number of fused-ring (bicyclic) bond motifs is 1. The molecular formula is C32H33N7O2. The number of pyridine rings is 1. The molecule has 1 amide bonds. The van der Waals surface area contributed by atoms with E-state index in [4.69, 9.17) is 10.5 Å². The summed E-state index contributed by atoms with van der Waals surface area (Å²) < 4.78 is 8.27. The summed E-state index contributed by atoms with van der Waals surface area (Å²) in [4.78, 5) is 27.6. The van der Waals surface area contributed by atoms with Crippen molar-refractivity contribution in [1.29, 1.82) is 0 Å². The van der Waals surface area contributed by atoms with Crippen molar-refractivity contribution in [3.8, 4) is 34.0 Å². The van der Waals surface area contributed by atoms with Crippen molar-refractivity contribution in [3.63, 3.8) is 0 Å². The number of carbonyl (C=O) groups excluding carboxylic acids is 1. The molecule has 0 fully saturated rings. The van der Waals surface area contributed by atoms with Crippen LogP contribution in [0.1, 0.15) is 18.2 Å². The molecule has 9 nitrogen and oxygen atoms in total. The first-order valence-corrected chi connectivity index (χ1v) is 13.2. The van der Waals surface area contributed by atoms with E-state index in [-0.39, 0.29) is 5.91 Å². The van der Waals surface area contributed by atoms with Crippen LogP contribution in [0.5, 0.6) is 11.6 Å². The van der Waals surface area contributed by atoms with E-state index in [9.17, 15) is 4.79 Å². The minimum Gasteiger partial charge on any atom is -0.439 e. The second-order valence-corrected chi connectivity index (χ2v) is 10.3. The standard InChI is InChI=1S/C32H33N7O2/c1-19(2)32(40)37-24-13-10-21(11-14-24)29-27(28-30(33)34-18-35-31(28)39(29)6)22-12-15-25(23(16-22)17-38(4)5)41-26-9-7-8-20(3)36-26/h7-16,18H,1,17H2,2-6H3,(H,37,40)(H2,33,34,35). The Morgan fingerprint density at radius 2 is 1.80 bits per heavy atom. The molecule has 208 valence electrons. The van der Waals surface area contributed by atoms with E-state index in [2.05, 4.69) is 37.8 Å². The highest BCUT2D eigenvalue weighted by Gasteiger charge is 2.23. The highest BCUT2D eigenvalue weighted by Crippen LogP contribution is 2.43. The zero-order valence-corrected chi connectivity index (χ0v) is 23.9. The van der Waals surface area contributed by atoms with Gasteiger partial charge < -0.3 is 25.3 Å². The van der Waals surface area contributed by atoms with Gasteiger partial charge in [-0.25, -0.2) is 15.0 Å². The third kappa shape index (κ3) is 5.66. The van der Waals surface area contributed by atoms with Crippen molar-refractivity contribution in [2.45, 2.75) is 20.4 Å². The topological polar surface area (TPSA) is 111 Å². The molecule has 0 aliphatic heterocycles. The fraction of sp³-hybridized carbons (Fsp3) is 0.188. The molecule has 0 spiro atoms. The molecular weight excluding hydrogens is 514 g/mol. The maximum atomic E-state index is 12.1. The van der Waals surface area contributed by atoms with Crippen molar-refractivity contribution in [3.05, 3.63) is 90.4 Å². The molecule has 3 heterocycles. The summed E-state index contributed by atoms with van der Waals surface area (Å²) in [5, 5.41) is 3.63. The Hall–Kier alpha value is -5.02. The van der Waals surface area contributed by atoms with Gasteiger partial charge in [-0.3, -0.25) is 4.79 Å². The Morgan fingerprint density at radius 1 is 1.07 bits per heavy atom. The number of nitrogens with zero attached hydrogens (tertiary/aromatic N) is 5. The Bertz CT molecular complexity index is 1770. The molecule has 41 heavy (non-hydrogen) atoms. The van der Waals surface area contributed by atoms with Crippen LogP contribution in [-0.2, 0) is 18.4 Å². The van der Waals surface area contributed by atoms with Crippen LogP contribution >= 0.6 is 0 Å². The number of aryl methyl sites for hydroxylation is 2. The van der Waals surface area contributed by atoms with Crippen molar-refractivity contribution in [2.24, 2.45) is 7.05 Å². The van der Waals surface area contributed by atoms with E-state index in [1.54, 1.807) is 6.92 Å². The average Bonchev–Trinajstić information content (AvgIpc) is 3.23. The maximum Gasteiger partial charge on any atom is 0.250 e. The van der Waals surface area contributed by atoms with Gasteiger partial charge in [0.05, 0.1) is 11.1 Å². The molecule has 3 aromatic heterocycles. The van der Waals surface area contributed by atoms with E-state index >= 15 is 0 Å². The lowest BCUT2D eigenvalue weighted by molar-refractivity contribution is -0.112. The molecule has 5 rings (SSSR count).